The predicted molar refractivity (Wildman–Crippen MR) is 105 cm³/mol. The fourth-order valence-corrected chi connectivity index (χ4v) is 3.59. The Balaban J connectivity index is 1.45. The van der Waals surface area contributed by atoms with Crippen LogP contribution in [-0.2, 0) is 13.1 Å². The molecular weight excluding hydrogens is 371 g/mol. The van der Waals surface area contributed by atoms with Gasteiger partial charge in [-0.25, -0.2) is 4.39 Å². The van der Waals surface area contributed by atoms with E-state index in [9.17, 15) is 9.18 Å². The van der Waals surface area contributed by atoms with Crippen molar-refractivity contribution >= 4 is 11.9 Å². The monoisotopic (exact) mass is 388 g/mol. The van der Waals surface area contributed by atoms with E-state index in [2.05, 4.69) is 9.88 Å². The predicted octanol–water partition coefficient (Wildman–Crippen LogP) is 4.19. The summed E-state index contributed by atoms with van der Waals surface area (Å²) < 4.78 is 25.8. The van der Waals surface area contributed by atoms with E-state index in [1.807, 2.05) is 18.3 Å². The summed E-state index contributed by atoms with van der Waals surface area (Å²) in [5.41, 5.74) is 2.68. The van der Waals surface area contributed by atoms with E-state index in [4.69, 9.17) is 9.47 Å². The molecule has 5 nitrogen and oxygen atoms in total. The third-order valence-electron chi connectivity index (χ3n) is 5.00. The van der Waals surface area contributed by atoms with Crippen molar-refractivity contribution in [1.29, 1.82) is 0 Å². The van der Waals surface area contributed by atoms with E-state index in [1.165, 1.54) is 12.1 Å². The fourth-order valence-electron chi connectivity index (χ4n) is 3.59. The maximum Gasteiger partial charge on any atom is 0.231 e. The second-order valence-electron chi connectivity index (χ2n) is 7.00. The number of halogens is 1. The van der Waals surface area contributed by atoms with Crippen molar-refractivity contribution in [2.45, 2.75) is 13.1 Å². The average Bonchev–Trinajstić information content (AvgIpc) is 3.06. The van der Waals surface area contributed by atoms with Gasteiger partial charge in [0.05, 0.1) is 11.1 Å². The van der Waals surface area contributed by atoms with Crippen LogP contribution in [0, 0.1) is 5.82 Å². The van der Waals surface area contributed by atoms with E-state index >= 15 is 0 Å². The maximum absolute atomic E-state index is 14.0. The van der Waals surface area contributed by atoms with Gasteiger partial charge in [-0.05, 0) is 35.9 Å². The number of rotatable bonds is 3. The molecule has 29 heavy (non-hydrogen) atoms. The van der Waals surface area contributed by atoms with Gasteiger partial charge >= 0.3 is 0 Å². The van der Waals surface area contributed by atoms with Gasteiger partial charge < -0.3 is 9.47 Å². The van der Waals surface area contributed by atoms with Gasteiger partial charge in [0, 0.05) is 31.0 Å². The molecule has 0 amide bonds. The largest absolute Gasteiger partial charge is 0.478 e. The lowest BCUT2D eigenvalue weighted by Crippen LogP contribution is -2.31. The van der Waals surface area contributed by atoms with Crippen molar-refractivity contribution in [1.82, 2.24) is 9.88 Å². The van der Waals surface area contributed by atoms with Gasteiger partial charge in [0.1, 0.15) is 24.0 Å². The molecule has 0 saturated heterocycles. The van der Waals surface area contributed by atoms with E-state index < -0.39 is 5.82 Å². The summed E-state index contributed by atoms with van der Waals surface area (Å²) in [4.78, 5) is 19.0. The number of nitrogens with zero attached hydrogens (tertiary/aromatic N) is 2. The SMILES string of the molecule is O=C1C(=Cc2ccccc2F)Oc2c1ccc1c2CN(Cc2cccnc2)CO1. The van der Waals surface area contributed by atoms with Crippen molar-refractivity contribution in [3.05, 3.63) is 94.8 Å². The van der Waals surface area contributed by atoms with Crippen LogP contribution in [0.2, 0.25) is 0 Å². The molecule has 5 rings (SSSR count). The highest BCUT2D eigenvalue weighted by atomic mass is 19.1. The Kier molecular flexibility index (Phi) is 4.33. The summed E-state index contributed by atoms with van der Waals surface area (Å²) in [6.07, 6.45) is 5.00. The Morgan fingerprint density at radius 2 is 2.03 bits per heavy atom. The molecule has 0 fully saturated rings. The number of ketones is 1. The number of benzene rings is 2. The molecule has 0 unspecified atom stereocenters. The lowest BCUT2D eigenvalue weighted by Gasteiger charge is -2.29. The summed E-state index contributed by atoms with van der Waals surface area (Å²) in [7, 11) is 0. The number of ether oxygens (including phenoxy) is 2. The van der Waals surface area contributed by atoms with Crippen LogP contribution in [0.25, 0.3) is 6.08 Å². The zero-order valence-electron chi connectivity index (χ0n) is 15.5. The molecule has 2 aliphatic heterocycles. The molecule has 0 bridgehead atoms. The molecule has 3 heterocycles. The number of Topliss-reactive ketones (excluding diaryl/α,β-unsaturated/α-hetero) is 1. The van der Waals surface area contributed by atoms with Crippen LogP contribution >= 0.6 is 0 Å². The van der Waals surface area contributed by atoms with Crippen LogP contribution in [0.5, 0.6) is 11.5 Å². The second-order valence-corrected chi connectivity index (χ2v) is 7.00. The van der Waals surface area contributed by atoms with Crippen molar-refractivity contribution in [3.8, 4) is 11.5 Å². The molecule has 0 radical (unpaired) electrons. The Morgan fingerprint density at radius 1 is 1.14 bits per heavy atom. The van der Waals surface area contributed by atoms with E-state index in [0.29, 0.717) is 42.4 Å². The number of carbonyl (C=O) groups is 1. The van der Waals surface area contributed by atoms with Gasteiger partial charge in [-0.1, -0.05) is 24.3 Å². The minimum atomic E-state index is -0.402. The molecular formula is C23H17FN2O3. The van der Waals surface area contributed by atoms with E-state index in [-0.39, 0.29) is 11.5 Å². The van der Waals surface area contributed by atoms with Crippen molar-refractivity contribution < 1.29 is 18.7 Å². The molecule has 2 aromatic carbocycles. The highest BCUT2D eigenvalue weighted by Gasteiger charge is 2.33. The summed E-state index contributed by atoms with van der Waals surface area (Å²) in [6, 6.07) is 13.7. The fraction of sp³-hybridized carbons (Fsp3) is 0.130. The Labute approximate surface area is 167 Å². The van der Waals surface area contributed by atoms with Crippen molar-refractivity contribution in [3.63, 3.8) is 0 Å². The lowest BCUT2D eigenvalue weighted by molar-refractivity contribution is 0.0872. The van der Waals surface area contributed by atoms with Gasteiger partial charge in [0.25, 0.3) is 0 Å². The summed E-state index contributed by atoms with van der Waals surface area (Å²) >= 11 is 0. The number of allylic oxidation sites excluding steroid dienone is 1. The third kappa shape index (κ3) is 3.28. The Hall–Kier alpha value is -3.51. The second kappa shape index (κ2) is 7.14. The molecule has 144 valence electrons. The molecule has 0 N–H and O–H groups in total. The third-order valence-corrected chi connectivity index (χ3v) is 5.00. The normalized spacial score (nSPS) is 16.9. The number of hydrogen-bond donors (Lipinski definition) is 0. The highest BCUT2D eigenvalue weighted by molar-refractivity contribution is 6.15. The standard InChI is InChI=1S/C23H17FN2O3/c24-19-6-2-1-5-16(19)10-21-22(27)17-7-8-20-18(23(17)29-21)13-26(14-28-20)12-15-4-3-9-25-11-15/h1-11H,12-14H2. The zero-order valence-corrected chi connectivity index (χ0v) is 15.5. The van der Waals surface area contributed by atoms with Crippen LogP contribution in [0.15, 0.2) is 66.7 Å². The first-order valence-electron chi connectivity index (χ1n) is 9.28. The van der Waals surface area contributed by atoms with Gasteiger partial charge in [-0.3, -0.25) is 14.7 Å². The molecule has 0 spiro atoms. The first kappa shape index (κ1) is 17.6. The maximum atomic E-state index is 14.0. The topological polar surface area (TPSA) is 51.7 Å². The van der Waals surface area contributed by atoms with Gasteiger partial charge in [-0.15, -0.1) is 0 Å². The molecule has 2 aliphatic rings. The highest BCUT2D eigenvalue weighted by Crippen LogP contribution is 2.42. The number of pyridine rings is 1. The summed E-state index contributed by atoms with van der Waals surface area (Å²) in [5.74, 6) is 0.649. The summed E-state index contributed by atoms with van der Waals surface area (Å²) in [6.45, 7) is 1.68. The number of carbonyl (C=O) groups excluding carboxylic acids is 1. The molecule has 0 atom stereocenters. The van der Waals surface area contributed by atoms with Gasteiger partial charge in [0.2, 0.25) is 5.78 Å². The number of aromatic nitrogens is 1. The van der Waals surface area contributed by atoms with E-state index in [0.717, 1.165) is 11.1 Å². The molecule has 0 saturated carbocycles. The quantitative estimate of drug-likeness (QED) is 0.630. The van der Waals surface area contributed by atoms with Crippen molar-refractivity contribution in [2.75, 3.05) is 6.73 Å². The molecule has 6 heteroatoms. The lowest BCUT2D eigenvalue weighted by atomic mass is 10.0. The Bertz CT molecular complexity index is 1130. The van der Waals surface area contributed by atoms with Crippen LogP contribution in [-0.4, -0.2) is 22.4 Å². The molecule has 3 aromatic rings. The average molecular weight is 388 g/mol. The molecule has 1 aromatic heterocycles. The first-order chi connectivity index (χ1) is 14.2. The van der Waals surface area contributed by atoms with Crippen LogP contribution < -0.4 is 9.47 Å². The van der Waals surface area contributed by atoms with E-state index in [1.54, 1.807) is 36.5 Å². The smallest absolute Gasteiger partial charge is 0.231 e. The molecule has 0 aliphatic carbocycles. The van der Waals surface area contributed by atoms with Crippen molar-refractivity contribution in [2.24, 2.45) is 0 Å². The Morgan fingerprint density at radius 3 is 2.86 bits per heavy atom. The van der Waals surface area contributed by atoms with Crippen LogP contribution in [0.1, 0.15) is 27.0 Å². The van der Waals surface area contributed by atoms with Crippen LogP contribution in [0.4, 0.5) is 4.39 Å². The zero-order chi connectivity index (χ0) is 19.8. The van der Waals surface area contributed by atoms with Gasteiger partial charge in [-0.2, -0.15) is 0 Å². The minimum Gasteiger partial charge on any atom is -0.478 e. The first-order valence-corrected chi connectivity index (χ1v) is 9.28. The summed E-state index contributed by atoms with van der Waals surface area (Å²) in [5, 5.41) is 0. The minimum absolute atomic E-state index is 0.114. The van der Waals surface area contributed by atoms with Crippen LogP contribution in [0.3, 0.4) is 0 Å². The number of hydrogen-bond acceptors (Lipinski definition) is 5. The van der Waals surface area contributed by atoms with Gasteiger partial charge in [0.15, 0.2) is 5.76 Å². The number of fused-ring (bicyclic) bond motifs is 3.